The highest BCUT2D eigenvalue weighted by Gasteiger charge is 2.16. The molecule has 0 aliphatic heterocycles. The van der Waals surface area contributed by atoms with Crippen molar-refractivity contribution in [2.24, 2.45) is 0 Å². The summed E-state index contributed by atoms with van der Waals surface area (Å²) in [6.07, 6.45) is 0. The van der Waals surface area contributed by atoms with Crippen molar-refractivity contribution in [1.29, 1.82) is 0 Å². The van der Waals surface area contributed by atoms with E-state index in [1.54, 1.807) is 36.4 Å². The van der Waals surface area contributed by atoms with Gasteiger partial charge in [0.15, 0.2) is 5.78 Å². The average Bonchev–Trinajstić information content (AvgIpc) is 2.83. The topological polar surface area (TPSA) is 66.8 Å². The molecule has 4 aromatic rings. The molecule has 0 atom stereocenters. The van der Waals surface area contributed by atoms with Gasteiger partial charge in [-0.05, 0) is 78.9 Å². The Kier molecular flexibility index (Phi) is 6.61. The fourth-order valence-electron chi connectivity index (χ4n) is 3.40. The standard InChI is InChI=1S/C27H19ClFNO4/c1-30(23-11-7-20(28)8-12-23)22-9-5-17(6-10-22)26(31)18-13-19(27(32)33)15-25(14-18)34-24-4-2-3-21(29)16-24/h2-16H,1H3,(H,32,33). The molecule has 0 saturated heterocycles. The van der Waals surface area contributed by atoms with E-state index in [2.05, 4.69) is 0 Å². The fourth-order valence-corrected chi connectivity index (χ4v) is 3.52. The van der Waals surface area contributed by atoms with Crippen LogP contribution in [0.5, 0.6) is 11.5 Å². The van der Waals surface area contributed by atoms with E-state index in [0.29, 0.717) is 10.6 Å². The second-order valence-electron chi connectivity index (χ2n) is 7.52. The number of rotatable bonds is 7. The number of halogens is 2. The van der Waals surface area contributed by atoms with Crippen molar-refractivity contribution < 1.29 is 23.8 Å². The first kappa shape index (κ1) is 23.0. The normalized spacial score (nSPS) is 10.6. The van der Waals surface area contributed by atoms with Gasteiger partial charge in [0.2, 0.25) is 0 Å². The van der Waals surface area contributed by atoms with Crippen LogP contribution in [0.25, 0.3) is 0 Å². The SMILES string of the molecule is CN(c1ccc(Cl)cc1)c1ccc(C(=O)c2cc(Oc3cccc(F)c3)cc(C(=O)O)c2)cc1. The number of benzene rings is 4. The summed E-state index contributed by atoms with van der Waals surface area (Å²) in [5, 5.41) is 10.1. The lowest BCUT2D eigenvalue weighted by Gasteiger charge is -2.19. The summed E-state index contributed by atoms with van der Waals surface area (Å²) in [5.41, 5.74) is 2.19. The molecule has 0 aliphatic carbocycles. The van der Waals surface area contributed by atoms with Gasteiger partial charge in [-0.3, -0.25) is 4.79 Å². The van der Waals surface area contributed by atoms with E-state index in [9.17, 15) is 19.1 Å². The molecule has 0 spiro atoms. The summed E-state index contributed by atoms with van der Waals surface area (Å²) < 4.78 is 19.1. The van der Waals surface area contributed by atoms with Gasteiger partial charge < -0.3 is 14.7 Å². The first-order valence-corrected chi connectivity index (χ1v) is 10.6. The van der Waals surface area contributed by atoms with Crippen molar-refractivity contribution in [2.75, 3.05) is 11.9 Å². The first-order valence-electron chi connectivity index (χ1n) is 10.3. The molecule has 4 aromatic carbocycles. The third kappa shape index (κ3) is 5.24. The zero-order chi connectivity index (χ0) is 24.2. The summed E-state index contributed by atoms with van der Waals surface area (Å²) in [7, 11) is 1.90. The second kappa shape index (κ2) is 9.77. The number of ketones is 1. The smallest absolute Gasteiger partial charge is 0.335 e. The predicted molar refractivity (Wildman–Crippen MR) is 129 cm³/mol. The third-order valence-corrected chi connectivity index (χ3v) is 5.43. The van der Waals surface area contributed by atoms with Crippen LogP contribution in [0.4, 0.5) is 15.8 Å². The van der Waals surface area contributed by atoms with Crippen LogP contribution < -0.4 is 9.64 Å². The van der Waals surface area contributed by atoms with Gasteiger partial charge in [-0.25, -0.2) is 9.18 Å². The number of anilines is 2. The Bertz CT molecular complexity index is 1350. The molecular weight excluding hydrogens is 457 g/mol. The lowest BCUT2D eigenvalue weighted by molar-refractivity contribution is 0.0696. The lowest BCUT2D eigenvalue weighted by Crippen LogP contribution is -2.10. The van der Waals surface area contributed by atoms with Crippen LogP contribution in [-0.2, 0) is 0 Å². The van der Waals surface area contributed by atoms with E-state index >= 15 is 0 Å². The number of ether oxygens (including phenoxy) is 1. The van der Waals surface area contributed by atoms with Crippen molar-refractivity contribution in [3.63, 3.8) is 0 Å². The van der Waals surface area contributed by atoms with Crippen LogP contribution in [0.3, 0.4) is 0 Å². The van der Waals surface area contributed by atoms with Crippen LogP contribution >= 0.6 is 11.6 Å². The highest BCUT2D eigenvalue weighted by atomic mass is 35.5. The minimum atomic E-state index is -1.21. The van der Waals surface area contributed by atoms with Crippen LogP contribution in [0.15, 0.2) is 91.0 Å². The van der Waals surface area contributed by atoms with Gasteiger partial charge in [0, 0.05) is 40.6 Å². The first-order chi connectivity index (χ1) is 16.3. The molecule has 0 heterocycles. The molecule has 0 radical (unpaired) electrons. The summed E-state index contributed by atoms with van der Waals surface area (Å²) >= 11 is 5.95. The van der Waals surface area contributed by atoms with Gasteiger partial charge in [-0.1, -0.05) is 17.7 Å². The van der Waals surface area contributed by atoms with Gasteiger partial charge >= 0.3 is 5.97 Å². The number of carbonyl (C=O) groups excluding carboxylic acids is 1. The maximum Gasteiger partial charge on any atom is 0.335 e. The number of nitrogens with zero attached hydrogens (tertiary/aromatic N) is 1. The predicted octanol–water partition coefficient (Wildman–Crippen LogP) is 6.97. The van der Waals surface area contributed by atoms with Crippen molar-refractivity contribution in [2.45, 2.75) is 0 Å². The Hall–Kier alpha value is -4.16. The monoisotopic (exact) mass is 475 g/mol. The Labute approximate surface area is 200 Å². The number of hydrogen-bond acceptors (Lipinski definition) is 4. The fraction of sp³-hybridized carbons (Fsp3) is 0.0370. The van der Waals surface area contributed by atoms with Gasteiger partial charge in [0.1, 0.15) is 17.3 Å². The largest absolute Gasteiger partial charge is 0.478 e. The van der Waals surface area contributed by atoms with E-state index in [-0.39, 0.29) is 28.4 Å². The molecule has 1 N–H and O–H groups in total. The molecule has 4 rings (SSSR count). The van der Waals surface area contributed by atoms with Crippen LogP contribution in [0.1, 0.15) is 26.3 Å². The van der Waals surface area contributed by atoms with E-state index in [0.717, 1.165) is 11.4 Å². The molecule has 0 aliphatic rings. The van der Waals surface area contributed by atoms with Crippen molar-refractivity contribution in [3.05, 3.63) is 119 Å². The van der Waals surface area contributed by atoms with E-state index in [1.165, 1.54) is 42.5 Å². The molecule has 0 aromatic heterocycles. The quantitative estimate of drug-likeness (QED) is 0.292. The van der Waals surface area contributed by atoms with Crippen molar-refractivity contribution in [3.8, 4) is 11.5 Å². The molecule has 0 bridgehead atoms. The van der Waals surface area contributed by atoms with E-state index in [1.807, 2.05) is 24.1 Å². The van der Waals surface area contributed by atoms with Gasteiger partial charge in [0.25, 0.3) is 0 Å². The number of carboxylic acids is 1. The van der Waals surface area contributed by atoms with Gasteiger partial charge in [0.05, 0.1) is 5.56 Å². The summed E-state index contributed by atoms with van der Waals surface area (Å²) in [4.78, 5) is 26.7. The Morgan fingerprint density at radius 2 is 1.41 bits per heavy atom. The Morgan fingerprint density at radius 3 is 2.03 bits per heavy atom. The average molecular weight is 476 g/mol. The Balaban J connectivity index is 1.60. The number of carbonyl (C=O) groups is 2. The summed E-state index contributed by atoms with van der Waals surface area (Å²) in [6, 6.07) is 23.8. The van der Waals surface area contributed by atoms with E-state index < -0.39 is 11.8 Å². The number of hydrogen-bond donors (Lipinski definition) is 1. The molecule has 170 valence electrons. The summed E-state index contributed by atoms with van der Waals surface area (Å²) in [6.45, 7) is 0. The van der Waals surface area contributed by atoms with Gasteiger partial charge in [-0.2, -0.15) is 0 Å². The van der Waals surface area contributed by atoms with Crippen molar-refractivity contribution in [1.82, 2.24) is 0 Å². The maximum absolute atomic E-state index is 13.5. The molecule has 34 heavy (non-hydrogen) atoms. The minimum absolute atomic E-state index is 0.114. The molecule has 0 fully saturated rings. The molecule has 0 amide bonds. The number of carboxylic acid groups (broad SMARTS) is 1. The number of aromatic carboxylic acids is 1. The highest BCUT2D eigenvalue weighted by Crippen LogP contribution is 2.28. The highest BCUT2D eigenvalue weighted by molar-refractivity contribution is 6.30. The molecule has 0 saturated carbocycles. The molecule has 0 unspecified atom stereocenters. The summed E-state index contributed by atoms with van der Waals surface area (Å²) in [5.74, 6) is -1.76. The van der Waals surface area contributed by atoms with Crippen LogP contribution in [-0.4, -0.2) is 23.9 Å². The van der Waals surface area contributed by atoms with Gasteiger partial charge in [-0.15, -0.1) is 0 Å². The van der Waals surface area contributed by atoms with Crippen LogP contribution in [0.2, 0.25) is 5.02 Å². The van der Waals surface area contributed by atoms with E-state index in [4.69, 9.17) is 16.3 Å². The maximum atomic E-state index is 13.5. The minimum Gasteiger partial charge on any atom is -0.478 e. The molecule has 5 nitrogen and oxygen atoms in total. The van der Waals surface area contributed by atoms with Crippen LogP contribution in [0, 0.1) is 5.82 Å². The zero-order valence-corrected chi connectivity index (χ0v) is 18.8. The lowest BCUT2D eigenvalue weighted by atomic mass is 10.0. The third-order valence-electron chi connectivity index (χ3n) is 5.18. The second-order valence-corrected chi connectivity index (χ2v) is 7.96. The van der Waals surface area contributed by atoms with Crippen molar-refractivity contribution >= 4 is 34.7 Å². The zero-order valence-electron chi connectivity index (χ0n) is 18.0. The molecule has 7 heteroatoms. The molecular formula is C27H19ClFNO4. The Morgan fingerprint density at radius 1 is 0.794 bits per heavy atom.